The molecule has 1 atom stereocenters. The first-order valence-corrected chi connectivity index (χ1v) is 6.37. The van der Waals surface area contributed by atoms with E-state index in [9.17, 15) is 4.79 Å². The van der Waals surface area contributed by atoms with Gasteiger partial charge in [0.25, 0.3) is 0 Å². The highest BCUT2D eigenvalue weighted by atomic mass is 16.1. The molecule has 0 fully saturated rings. The Morgan fingerprint density at radius 2 is 1.81 bits per heavy atom. The molecule has 1 aromatic rings. The standard InChI is InChI=1S/C15H22O/c1-3-5-6-7-14(4-2)15-10-8-13(12-16)9-11-15/h8-12,14H,3-7H2,1-2H3. The zero-order valence-corrected chi connectivity index (χ0v) is 10.4. The van der Waals surface area contributed by atoms with Crippen LogP contribution in [0.15, 0.2) is 24.3 Å². The van der Waals surface area contributed by atoms with Crippen LogP contribution in [0.1, 0.15) is 67.8 Å². The molecule has 88 valence electrons. The van der Waals surface area contributed by atoms with Crippen LogP contribution in [0.2, 0.25) is 0 Å². The molecule has 1 nitrogen and oxygen atoms in total. The molecule has 0 saturated carbocycles. The summed E-state index contributed by atoms with van der Waals surface area (Å²) in [6.07, 6.45) is 7.27. The Labute approximate surface area is 98.9 Å². The van der Waals surface area contributed by atoms with Gasteiger partial charge in [-0.3, -0.25) is 4.79 Å². The Bertz CT molecular complexity index is 300. The first kappa shape index (κ1) is 13.0. The molecule has 1 heteroatoms. The van der Waals surface area contributed by atoms with E-state index in [0.29, 0.717) is 5.92 Å². The maximum Gasteiger partial charge on any atom is 0.150 e. The number of carbonyl (C=O) groups is 1. The molecule has 0 aliphatic carbocycles. The Hall–Kier alpha value is -1.11. The number of aldehydes is 1. The zero-order valence-electron chi connectivity index (χ0n) is 10.4. The van der Waals surface area contributed by atoms with Crippen molar-refractivity contribution < 1.29 is 4.79 Å². The third-order valence-corrected chi connectivity index (χ3v) is 3.19. The van der Waals surface area contributed by atoms with Gasteiger partial charge < -0.3 is 0 Å². The van der Waals surface area contributed by atoms with Crippen molar-refractivity contribution in [3.05, 3.63) is 35.4 Å². The van der Waals surface area contributed by atoms with E-state index in [2.05, 4.69) is 26.0 Å². The topological polar surface area (TPSA) is 17.1 Å². The minimum Gasteiger partial charge on any atom is -0.298 e. The van der Waals surface area contributed by atoms with Crippen molar-refractivity contribution in [2.24, 2.45) is 0 Å². The number of rotatable bonds is 7. The van der Waals surface area contributed by atoms with Crippen LogP contribution in [0.3, 0.4) is 0 Å². The van der Waals surface area contributed by atoms with Crippen molar-refractivity contribution >= 4 is 6.29 Å². The predicted octanol–water partition coefficient (Wildman–Crippen LogP) is 4.57. The molecule has 0 bridgehead atoms. The minimum atomic E-state index is 0.659. The van der Waals surface area contributed by atoms with Gasteiger partial charge in [-0.05, 0) is 24.3 Å². The van der Waals surface area contributed by atoms with Crippen molar-refractivity contribution in [3.63, 3.8) is 0 Å². The molecular formula is C15H22O. The summed E-state index contributed by atoms with van der Waals surface area (Å²) in [5.74, 6) is 0.659. The molecule has 0 spiro atoms. The molecule has 0 amide bonds. The summed E-state index contributed by atoms with van der Waals surface area (Å²) < 4.78 is 0. The highest BCUT2D eigenvalue weighted by Gasteiger charge is 2.08. The summed E-state index contributed by atoms with van der Waals surface area (Å²) in [5, 5.41) is 0. The van der Waals surface area contributed by atoms with Gasteiger partial charge in [-0.2, -0.15) is 0 Å². The molecule has 0 aliphatic rings. The van der Waals surface area contributed by atoms with E-state index in [1.807, 2.05) is 12.1 Å². The van der Waals surface area contributed by atoms with Gasteiger partial charge in [0.05, 0.1) is 0 Å². The fourth-order valence-corrected chi connectivity index (χ4v) is 2.09. The summed E-state index contributed by atoms with van der Waals surface area (Å²) in [6.45, 7) is 4.48. The monoisotopic (exact) mass is 218 g/mol. The molecule has 0 N–H and O–H groups in total. The smallest absolute Gasteiger partial charge is 0.150 e. The number of unbranched alkanes of at least 4 members (excludes halogenated alkanes) is 2. The molecule has 0 aromatic heterocycles. The summed E-state index contributed by atoms with van der Waals surface area (Å²) in [4.78, 5) is 10.6. The Morgan fingerprint density at radius 1 is 1.12 bits per heavy atom. The Morgan fingerprint density at radius 3 is 2.31 bits per heavy atom. The second-order valence-corrected chi connectivity index (χ2v) is 4.39. The van der Waals surface area contributed by atoms with Crippen molar-refractivity contribution in [2.45, 2.75) is 51.9 Å². The molecule has 0 heterocycles. The lowest BCUT2D eigenvalue weighted by Gasteiger charge is -2.15. The largest absolute Gasteiger partial charge is 0.298 e. The normalized spacial score (nSPS) is 12.4. The third kappa shape index (κ3) is 3.80. The molecule has 16 heavy (non-hydrogen) atoms. The molecule has 0 aliphatic heterocycles. The van der Waals surface area contributed by atoms with E-state index in [4.69, 9.17) is 0 Å². The summed E-state index contributed by atoms with van der Waals surface area (Å²) in [6, 6.07) is 8.04. The molecule has 0 radical (unpaired) electrons. The van der Waals surface area contributed by atoms with Crippen LogP contribution in [-0.4, -0.2) is 6.29 Å². The van der Waals surface area contributed by atoms with Crippen molar-refractivity contribution in [2.75, 3.05) is 0 Å². The highest BCUT2D eigenvalue weighted by molar-refractivity contribution is 5.74. The van der Waals surface area contributed by atoms with Gasteiger partial charge in [0.15, 0.2) is 0 Å². The molecule has 1 rings (SSSR count). The van der Waals surface area contributed by atoms with Gasteiger partial charge in [-0.25, -0.2) is 0 Å². The maximum absolute atomic E-state index is 10.6. The SMILES string of the molecule is CCCCCC(CC)c1ccc(C=O)cc1. The number of carbonyl (C=O) groups excluding carboxylic acids is 1. The molecule has 0 saturated heterocycles. The second kappa shape index (κ2) is 7.21. The first-order chi connectivity index (χ1) is 7.81. The van der Waals surface area contributed by atoms with Gasteiger partial charge >= 0.3 is 0 Å². The summed E-state index contributed by atoms with van der Waals surface area (Å²) >= 11 is 0. The Kier molecular flexibility index (Phi) is 5.84. The van der Waals surface area contributed by atoms with Gasteiger partial charge in [0, 0.05) is 5.56 Å². The van der Waals surface area contributed by atoms with Crippen LogP contribution in [-0.2, 0) is 0 Å². The van der Waals surface area contributed by atoms with Crippen LogP contribution < -0.4 is 0 Å². The molecule has 1 aromatic carbocycles. The van der Waals surface area contributed by atoms with Crippen LogP contribution in [0.4, 0.5) is 0 Å². The van der Waals surface area contributed by atoms with Crippen molar-refractivity contribution in [1.82, 2.24) is 0 Å². The van der Waals surface area contributed by atoms with Gasteiger partial charge in [-0.1, -0.05) is 57.4 Å². The van der Waals surface area contributed by atoms with E-state index in [1.165, 1.54) is 37.7 Å². The maximum atomic E-state index is 10.6. The zero-order chi connectivity index (χ0) is 11.8. The summed E-state index contributed by atoms with van der Waals surface area (Å²) in [5.41, 5.74) is 2.15. The van der Waals surface area contributed by atoms with E-state index >= 15 is 0 Å². The van der Waals surface area contributed by atoms with Crippen LogP contribution in [0.5, 0.6) is 0 Å². The average molecular weight is 218 g/mol. The van der Waals surface area contributed by atoms with Crippen molar-refractivity contribution in [1.29, 1.82) is 0 Å². The van der Waals surface area contributed by atoms with Crippen molar-refractivity contribution in [3.8, 4) is 0 Å². The highest BCUT2D eigenvalue weighted by Crippen LogP contribution is 2.25. The number of hydrogen-bond acceptors (Lipinski definition) is 1. The quantitative estimate of drug-likeness (QED) is 0.484. The van der Waals surface area contributed by atoms with Crippen LogP contribution in [0, 0.1) is 0 Å². The van der Waals surface area contributed by atoms with E-state index < -0.39 is 0 Å². The lowest BCUT2D eigenvalue weighted by Crippen LogP contribution is -1.97. The van der Waals surface area contributed by atoms with E-state index in [-0.39, 0.29) is 0 Å². The van der Waals surface area contributed by atoms with Gasteiger partial charge in [-0.15, -0.1) is 0 Å². The lowest BCUT2D eigenvalue weighted by molar-refractivity contribution is 0.112. The lowest BCUT2D eigenvalue weighted by atomic mass is 9.90. The minimum absolute atomic E-state index is 0.659. The molecular weight excluding hydrogens is 196 g/mol. The van der Waals surface area contributed by atoms with Crippen LogP contribution in [0.25, 0.3) is 0 Å². The van der Waals surface area contributed by atoms with Gasteiger partial charge in [0.2, 0.25) is 0 Å². The van der Waals surface area contributed by atoms with Crippen LogP contribution >= 0.6 is 0 Å². The third-order valence-electron chi connectivity index (χ3n) is 3.19. The summed E-state index contributed by atoms with van der Waals surface area (Å²) in [7, 11) is 0. The van der Waals surface area contributed by atoms with Gasteiger partial charge in [0.1, 0.15) is 6.29 Å². The Balaban J connectivity index is 2.59. The average Bonchev–Trinajstić information content (AvgIpc) is 2.35. The van der Waals surface area contributed by atoms with E-state index in [0.717, 1.165) is 11.8 Å². The predicted molar refractivity (Wildman–Crippen MR) is 69.0 cm³/mol. The fourth-order valence-electron chi connectivity index (χ4n) is 2.09. The molecule has 1 unspecified atom stereocenters. The number of hydrogen-bond donors (Lipinski definition) is 0. The number of benzene rings is 1. The second-order valence-electron chi connectivity index (χ2n) is 4.39. The van der Waals surface area contributed by atoms with E-state index in [1.54, 1.807) is 0 Å². The first-order valence-electron chi connectivity index (χ1n) is 6.37. The fraction of sp³-hybridized carbons (Fsp3) is 0.533.